The van der Waals surface area contributed by atoms with E-state index in [1.54, 1.807) is 0 Å². The number of carbonyl (C=O) groups excluding carboxylic acids is 1. The SMILES string of the molecule is CC1CC(C)N(CC(=O)OCC2c3ccccc3-c3ccccc32)C1. The second-order valence-corrected chi connectivity index (χ2v) is 7.53. The number of benzene rings is 2. The summed E-state index contributed by atoms with van der Waals surface area (Å²) in [5.41, 5.74) is 5.06. The van der Waals surface area contributed by atoms with E-state index in [1.807, 2.05) is 0 Å². The van der Waals surface area contributed by atoms with Crippen LogP contribution in [0.3, 0.4) is 0 Å². The Balaban J connectivity index is 1.45. The molecule has 0 aromatic heterocycles. The minimum absolute atomic E-state index is 0.109. The van der Waals surface area contributed by atoms with Crippen LogP contribution in [0, 0.1) is 5.92 Å². The molecule has 0 spiro atoms. The topological polar surface area (TPSA) is 29.5 Å². The van der Waals surface area contributed by atoms with E-state index >= 15 is 0 Å². The Hall–Kier alpha value is -2.13. The number of ether oxygens (including phenoxy) is 1. The number of nitrogens with zero attached hydrogens (tertiary/aromatic N) is 1. The maximum absolute atomic E-state index is 12.4. The van der Waals surface area contributed by atoms with Crippen LogP contribution in [0.4, 0.5) is 0 Å². The second kappa shape index (κ2) is 6.64. The zero-order chi connectivity index (χ0) is 17.4. The first-order valence-electron chi connectivity index (χ1n) is 9.21. The zero-order valence-electron chi connectivity index (χ0n) is 14.9. The van der Waals surface area contributed by atoms with Crippen molar-refractivity contribution in [3.8, 4) is 11.1 Å². The van der Waals surface area contributed by atoms with Gasteiger partial charge in [0.25, 0.3) is 0 Å². The molecule has 0 bridgehead atoms. The maximum Gasteiger partial charge on any atom is 0.320 e. The summed E-state index contributed by atoms with van der Waals surface area (Å²) in [5, 5.41) is 0. The van der Waals surface area contributed by atoms with Crippen LogP contribution in [-0.4, -0.2) is 36.6 Å². The van der Waals surface area contributed by atoms with Crippen molar-refractivity contribution in [1.82, 2.24) is 4.90 Å². The van der Waals surface area contributed by atoms with E-state index in [0.717, 1.165) is 13.0 Å². The van der Waals surface area contributed by atoms with E-state index in [2.05, 4.69) is 67.3 Å². The van der Waals surface area contributed by atoms with Gasteiger partial charge < -0.3 is 4.74 Å². The van der Waals surface area contributed by atoms with Crippen molar-refractivity contribution in [3.05, 3.63) is 59.7 Å². The van der Waals surface area contributed by atoms with Crippen LogP contribution in [0.2, 0.25) is 0 Å². The predicted molar refractivity (Wildman–Crippen MR) is 99.5 cm³/mol. The highest BCUT2D eigenvalue weighted by Crippen LogP contribution is 2.44. The fourth-order valence-electron chi connectivity index (χ4n) is 4.43. The first-order valence-corrected chi connectivity index (χ1v) is 9.21. The third-order valence-corrected chi connectivity index (χ3v) is 5.62. The summed E-state index contributed by atoms with van der Waals surface area (Å²) < 4.78 is 5.70. The Bertz CT molecular complexity index is 740. The minimum atomic E-state index is -0.109. The Morgan fingerprint density at radius 2 is 1.64 bits per heavy atom. The Kier molecular flexibility index (Phi) is 4.34. The molecule has 2 aliphatic rings. The highest BCUT2D eigenvalue weighted by molar-refractivity contribution is 5.79. The molecule has 2 aromatic rings. The summed E-state index contributed by atoms with van der Waals surface area (Å²) in [6.07, 6.45) is 1.16. The van der Waals surface area contributed by atoms with Gasteiger partial charge in [0.1, 0.15) is 6.61 Å². The summed E-state index contributed by atoms with van der Waals surface area (Å²) in [6.45, 7) is 6.26. The van der Waals surface area contributed by atoms with Crippen molar-refractivity contribution in [3.63, 3.8) is 0 Å². The summed E-state index contributed by atoms with van der Waals surface area (Å²) in [5.74, 6) is 0.700. The van der Waals surface area contributed by atoms with Crippen LogP contribution in [-0.2, 0) is 9.53 Å². The lowest BCUT2D eigenvalue weighted by Crippen LogP contribution is -2.34. The summed E-state index contributed by atoms with van der Waals surface area (Å²) >= 11 is 0. The van der Waals surface area contributed by atoms with E-state index in [9.17, 15) is 4.79 Å². The molecule has 1 heterocycles. The van der Waals surface area contributed by atoms with Crippen molar-refractivity contribution in [1.29, 1.82) is 0 Å². The van der Waals surface area contributed by atoms with Gasteiger partial charge in [0.2, 0.25) is 0 Å². The first-order chi connectivity index (χ1) is 12.1. The first kappa shape index (κ1) is 16.3. The summed E-state index contributed by atoms with van der Waals surface area (Å²) in [6, 6.07) is 17.3. The fourth-order valence-corrected chi connectivity index (χ4v) is 4.43. The van der Waals surface area contributed by atoms with Crippen LogP contribution in [0.15, 0.2) is 48.5 Å². The van der Waals surface area contributed by atoms with Crippen molar-refractivity contribution < 1.29 is 9.53 Å². The van der Waals surface area contributed by atoms with E-state index in [-0.39, 0.29) is 11.9 Å². The van der Waals surface area contributed by atoms with E-state index in [4.69, 9.17) is 4.74 Å². The highest BCUT2D eigenvalue weighted by atomic mass is 16.5. The number of carbonyl (C=O) groups is 1. The molecule has 2 unspecified atom stereocenters. The number of fused-ring (bicyclic) bond motifs is 3. The maximum atomic E-state index is 12.4. The molecule has 2 atom stereocenters. The number of hydrogen-bond donors (Lipinski definition) is 0. The van der Waals surface area contributed by atoms with E-state index < -0.39 is 0 Å². The molecule has 0 saturated carbocycles. The largest absolute Gasteiger partial charge is 0.464 e. The van der Waals surface area contributed by atoms with Gasteiger partial charge in [-0.3, -0.25) is 9.69 Å². The summed E-state index contributed by atoms with van der Waals surface area (Å²) in [7, 11) is 0. The molecule has 3 heteroatoms. The van der Waals surface area contributed by atoms with Gasteiger partial charge in [0.15, 0.2) is 0 Å². The third kappa shape index (κ3) is 3.09. The smallest absolute Gasteiger partial charge is 0.320 e. The number of esters is 1. The van der Waals surface area contributed by atoms with Gasteiger partial charge in [-0.2, -0.15) is 0 Å². The number of likely N-dealkylation sites (tertiary alicyclic amines) is 1. The summed E-state index contributed by atoms with van der Waals surface area (Å²) in [4.78, 5) is 14.6. The molecule has 3 nitrogen and oxygen atoms in total. The molecule has 0 radical (unpaired) electrons. The fraction of sp³-hybridized carbons (Fsp3) is 0.409. The molecule has 130 valence electrons. The van der Waals surface area contributed by atoms with Crippen LogP contribution in [0.5, 0.6) is 0 Å². The molecule has 4 rings (SSSR count). The van der Waals surface area contributed by atoms with Crippen molar-refractivity contribution in [2.75, 3.05) is 19.7 Å². The molecule has 1 fully saturated rings. The van der Waals surface area contributed by atoms with Crippen LogP contribution >= 0.6 is 0 Å². The van der Waals surface area contributed by atoms with Crippen LogP contribution < -0.4 is 0 Å². The van der Waals surface area contributed by atoms with Gasteiger partial charge in [-0.25, -0.2) is 0 Å². The van der Waals surface area contributed by atoms with Gasteiger partial charge in [0, 0.05) is 18.5 Å². The second-order valence-electron chi connectivity index (χ2n) is 7.53. The number of hydrogen-bond acceptors (Lipinski definition) is 3. The lowest BCUT2D eigenvalue weighted by Gasteiger charge is -2.21. The molecule has 0 N–H and O–H groups in total. The molecule has 2 aromatic carbocycles. The van der Waals surface area contributed by atoms with E-state index in [0.29, 0.717) is 25.1 Å². The Morgan fingerprint density at radius 3 is 2.20 bits per heavy atom. The Morgan fingerprint density at radius 1 is 1.04 bits per heavy atom. The average molecular weight is 335 g/mol. The normalized spacial score (nSPS) is 22.6. The van der Waals surface area contributed by atoms with Gasteiger partial charge in [0.05, 0.1) is 6.54 Å². The molecule has 1 aliphatic carbocycles. The number of rotatable bonds is 4. The highest BCUT2D eigenvalue weighted by Gasteiger charge is 2.31. The minimum Gasteiger partial charge on any atom is -0.464 e. The molecule has 0 amide bonds. The quantitative estimate of drug-likeness (QED) is 0.789. The van der Waals surface area contributed by atoms with Gasteiger partial charge in [-0.1, -0.05) is 55.5 Å². The van der Waals surface area contributed by atoms with Crippen molar-refractivity contribution in [2.24, 2.45) is 5.92 Å². The molecule has 1 aliphatic heterocycles. The molecule has 1 saturated heterocycles. The lowest BCUT2D eigenvalue weighted by molar-refractivity contribution is -0.145. The van der Waals surface area contributed by atoms with Crippen molar-refractivity contribution in [2.45, 2.75) is 32.2 Å². The Labute approximate surface area is 149 Å². The monoisotopic (exact) mass is 335 g/mol. The molecular weight excluding hydrogens is 310 g/mol. The zero-order valence-corrected chi connectivity index (χ0v) is 14.9. The van der Waals surface area contributed by atoms with Crippen LogP contribution in [0.25, 0.3) is 11.1 Å². The lowest BCUT2D eigenvalue weighted by atomic mass is 9.98. The third-order valence-electron chi connectivity index (χ3n) is 5.62. The molecule has 25 heavy (non-hydrogen) atoms. The van der Waals surface area contributed by atoms with Crippen molar-refractivity contribution >= 4 is 5.97 Å². The average Bonchev–Trinajstić information content (AvgIpc) is 3.10. The van der Waals surface area contributed by atoms with E-state index in [1.165, 1.54) is 22.3 Å². The van der Waals surface area contributed by atoms with Crippen LogP contribution in [0.1, 0.15) is 37.3 Å². The molecular formula is C22H25NO2. The predicted octanol–water partition coefficient (Wildman–Crippen LogP) is 4.07. The van der Waals surface area contributed by atoms with Gasteiger partial charge in [-0.15, -0.1) is 0 Å². The van der Waals surface area contributed by atoms with Gasteiger partial charge in [-0.05, 0) is 41.5 Å². The van der Waals surface area contributed by atoms with Gasteiger partial charge >= 0.3 is 5.97 Å². The standard InChI is InChI=1S/C22H25NO2/c1-15-11-16(2)23(12-15)13-22(24)25-14-21-19-9-5-3-7-17(19)18-8-4-6-10-20(18)21/h3-10,15-16,21H,11-14H2,1-2H3.